The second kappa shape index (κ2) is 12.3. The number of benzene rings is 2. The van der Waals surface area contributed by atoms with Crippen molar-refractivity contribution in [3.8, 4) is 17.6 Å². The molecule has 3 aromatic rings. The van der Waals surface area contributed by atoms with Gasteiger partial charge in [0, 0.05) is 12.1 Å². The van der Waals surface area contributed by atoms with Crippen molar-refractivity contribution in [2.45, 2.75) is 25.8 Å². The van der Waals surface area contributed by atoms with Crippen LogP contribution in [0.4, 0.5) is 30.7 Å². The van der Waals surface area contributed by atoms with Gasteiger partial charge in [-0.1, -0.05) is 17.7 Å². The average Bonchev–Trinajstić information content (AvgIpc) is 3.17. The first-order valence-electron chi connectivity index (χ1n) is 10.0. The van der Waals surface area contributed by atoms with Gasteiger partial charge >= 0.3 is 18.3 Å². The number of amides is 1. The minimum atomic E-state index is -5.08. The summed E-state index contributed by atoms with van der Waals surface area (Å²) in [7, 11) is 0. The number of aliphatic carboxylic acids is 1. The number of alkyl halides is 6. The van der Waals surface area contributed by atoms with Crippen LogP contribution in [0.1, 0.15) is 33.0 Å². The average molecular weight is 646 g/mol. The number of ether oxygens (including phenoxy) is 1. The molecule has 1 aromatic heterocycles. The van der Waals surface area contributed by atoms with Crippen molar-refractivity contribution in [3.05, 3.63) is 74.0 Å². The Morgan fingerprint density at radius 3 is 2.31 bits per heavy atom. The van der Waals surface area contributed by atoms with Gasteiger partial charge in [0.1, 0.15) is 21.9 Å². The summed E-state index contributed by atoms with van der Waals surface area (Å²) in [6, 6.07) is 6.46. The Kier molecular flexibility index (Phi) is 9.93. The molecule has 3 N–H and O–H groups in total. The zero-order valence-electron chi connectivity index (χ0n) is 19.1. The first kappa shape index (κ1) is 31.4. The van der Waals surface area contributed by atoms with Gasteiger partial charge in [0.25, 0.3) is 5.91 Å². The Balaban J connectivity index is 0.000000673. The van der Waals surface area contributed by atoms with Crippen LogP contribution in [0.3, 0.4) is 0 Å². The minimum absolute atomic E-state index is 0.0300. The van der Waals surface area contributed by atoms with Crippen molar-refractivity contribution in [2.75, 3.05) is 0 Å². The lowest BCUT2D eigenvalue weighted by Crippen LogP contribution is -2.24. The summed E-state index contributed by atoms with van der Waals surface area (Å²) in [5, 5.41) is 18.4. The molecule has 0 bridgehead atoms. The number of imidazole rings is 1. The van der Waals surface area contributed by atoms with Crippen molar-refractivity contribution in [1.29, 1.82) is 5.26 Å². The van der Waals surface area contributed by atoms with Gasteiger partial charge in [-0.2, -0.15) is 31.6 Å². The molecule has 0 aliphatic carbocycles. The van der Waals surface area contributed by atoms with Gasteiger partial charge in [0.05, 0.1) is 22.2 Å². The predicted octanol–water partition coefficient (Wildman–Crippen LogP) is 6.52. The number of aryl methyl sites for hydroxylation is 1. The number of rotatable bonds is 5. The van der Waals surface area contributed by atoms with Crippen LogP contribution in [0, 0.1) is 24.1 Å². The van der Waals surface area contributed by atoms with Crippen molar-refractivity contribution in [3.63, 3.8) is 0 Å². The van der Waals surface area contributed by atoms with Gasteiger partial charge in [-0.25, -0.2) is 14.2 Å². The highest BCUT2D eigenvalue weighted by atomic mass is 79.9. The van der Waals surface area contributed by atoms with Gasteiger partial charge in [-0.05, 0) is 47.1 Å². The van der Waals surface area contributed by atoms with Crippen LogP contribution >= 0.6 is 27.5 Å². The highest BCUT2D eigenvalue weighted by molar-refractivity contribution is 9.10. The summed E-state index contributed by atoms with van der Waals surface area (Å²) < 4.78 is 91.5. The second-order valence-corrected chi connectivity index (χ2v) is 8.44. The Morgan fingerprint density at radius 1 is 1.21 bits per heavy atom. The molecule has 17 heteroatoms. The fourth-order valence-electron chi connectivity index (χ4n) is 2.69. The van der Waals surface area contributed by atoms with Gasteiger partial charge < -0.3 is 20.1 Å². The summed E-state index contributed by atoms with van der Waals surface area (Å²) in [6.45, 7) is 1.38. The van der Waals surface area contributed by atoms with E-state index < -0.39 is 47.1 Å². The number of carboxylic acid groups (broad SMARTS) is 1. The SMILES string of the molecule is Cc1nc(Br)c(C(=O)NCc2ccc(Cl)c(Oc3cc(C#N)cc(C(F)(F)F)c3)c2F)[nH]1.O=C(O)C(F)(F)F. The van der Waals surface area contributed by atoms with Gasteiger partial charge in [-0.3, -0.25) is 4.79 Å². The van der Waals surface area contributed by atoms with Gasteiger partial charge in [-0.15, -0.1) is 0 Å². The number of carboxylic acids is 1. The van der Waals surface area contributed by atoms with Crippen molar-refractivity contribution >= 4 is 39.4 Å². The molecule has 8 nitrogen and oxygen atoms in total. The molecule has 0 fully saturated rings. The molecule has 0 aliphatic heterocycles. The Hall–Kier alpha value is -3.84. The molecule has 0 atom stereocenters. The van der Waals surface area contributed by atoms with E-state index >= 15 is 0 Å². The number of hydrogen-bond donors (Lipinski definition) is 3. The molecule has 39 heavy (non-hydrogen) atoms. The summed E-state index contributed by atoms with van der Waals surface area (Å²) >= 11 is 9.11. The quantitative estimate of drug-likeness (QED) is 0.271. The lowest BCUT2D eigenvalue weighted by atomic mass is 10.1. The monoisotopic (exact) mass is 644 g/mol. The number of carbonyl (C=O) groups is 2. The number of hydrogen-bond acceptors (Lipinski definition) is 5. The highest BCUT2D eigenvalue weighted by Crippen LogP contribution is 2.37. The third kappa shape index (κ3) is 8.58. The smallest absolute Gasteiger partial charge is 0.475 e. The normalized spacial score (nSPS) is 11.2. The molecule has 0 aliphatic rings. The van der Waals surface area contributed by atoms with E-state index in [1.165, 1.54) is 12.1 Å². The number of carbonyl (C=O) groups excluding carboxylic acids is 1. The van der Waals surface area contributed by atoms with Crippen molar-refractivity contribution in [1.82, 2.24) is 15.3 Å². The zero-order valence-corrected chi connectivity index (χ0v) is 21.4. The zero-order chi connectivity index (χ0) is 29.7. The topological polar surface area (TPSA) is 128 Å². The van der Waals surface area contributed by atoms with Crippen molar-refractivity contribution in [2.24, 2.45) is 0 Å². The van der Waals surface area contributed by atoms with Crippen LogP contribution in [-0.2, 0) is 17.5 Å². The van der Waals surface area contributed by atoms with Gasteiger partial charge in [0.2, 0.25) is 0 Å². The van der Waals surface area contributed by atoms with E-state index in [0.717, 1.165) is 6.07 Å². The molecule has 0 unspecified atom stereocenters. The van der Waals surface area contributed by atoms with E-state index in [1.54, 1.807) is 13.0 Å². The van der Waals surface area contributed by atoms with E-state index in [2.05, 4.69) is 31.2 Å². The first-order valence-corrected chi connectivity index (χ1v) is 11.2. The molecular formula is C22H13BrClF7N4O4. The molecule has 0 saturated carbocycles. The summed E-state index contributed by atoms with van der Waals surface area (Å²) in [5.74, 6) is -4.77. The lowest BCUT2D eigenvalue weighted by Gasteiger charge is -2.14. The first-order chi connectivity index (χ1) is 17.9. The van der Waals surface area contributed by atoms with Crippen LogP contribution in [0.25, 0.3) is 0 Å². The van der Waals surface area contributed by atoms with Crippen LogP contribution < -0.4 is 10.1 Å². The van der Waals surface area contributed by atoms with E-state index in [9.17, 15) is 35.5 Å². The van der Waals surface area contributed by atoms with Crippen molar-refractivity contribution < 1.29 is 50.2 Å². The number of halogens is 9. The molecule has 2 aromatic carbocycles. The maximum Gasteiger partial charge on any atom is 0.490 e. The summed E-state index contributed by atoms with van der Waals surface area (Å²) in [4.78, 5) is 27.9. The molecule has 0 spiro atoms. The largest absolute Gasteiger partial charge is 0.490 e. The molecule has 208 valence electrons. The van der Waals surface area contributed by atoms with Crippen LogP contribution in [-0.4, -0.2) is 33.1 Å². The van der Waals surface area contributed by atoms with Crippen LogP contribution in [0.2, 0.25) is 5.02 Å². The second-order valence-electron chi connectivity index (χ2n) is 7.28. The van der Waals surface area contributed by atoms with E-state index in [0.29, 0.717) is 18.0 Å². The predicted molar refractivity (Wildman–Crippen MR) is 124 cm³/mol. The third-order valence-corrected chi connectivity index (χ3v) is 5.27. The molecule has 1 amide bonds. The summed E-state index contributed by atoms with van der Waals surface area (Å²) in [5.41, 5.74) is -1.35. The Bertz CT molecular complexity index is 1440. The fourth-order valence-corrected chi connectivity index (χ4v) is 3.42. The molecule has 0 saturated heterocycles. The third-order valence-electron chi connectivity index (χ3n) is 4.40. The minimum Gasteiger partial charge on any atom is -0.475 e. The van der Waals surface area contributed by atoms with Crippen LogP contribution in [0.5, 0.6) is 11.5 Å². The lowest BCUT2D eigenvalue weighted by molar-refractivity contribution is -0.192. The number of aromatic amines is 1. The maximum absolute atomic E-state index is 15.0. The summed E-state index contributed by atoms with van der Waals surface area (Å²) in [6.07, 6.45) is -9.82. The van der Waals surface area contributed by atoms with E-state index in [4.69, 9.17) is 31.5 Å². The van der Waals surface area contributed by atoms with Gasteiger partial charge in [0.15, 0.2) is 11.6 Å². The number of nitriles is 1. The number of nitrogens with zero attached hydrogens (tertiary/aromatic N) is 2. The Morgan fingerprint density at radius 2 is 1.82 bits per heavy atom. The maximum atomic E-state index is 15.0. The number of nitrogens with one attached hydrogen (secondary N) is 2. The molecule has 1 heterocycles. The van der Waals surface area contributed by atoms with E-state index in [1.807, 2.05) is 0 Å². The fraction of sp³-hybridized carbons (Fsp3) is 0.182. The Labute approximate surface area is 227 Å². The highest BCUT2D eigenvalue weighted by Gasteiger charge is 2.38. The molecular weight excluding hydrogens is 633 g/mol. The van der Waals surface area contributed by atoms with E-state index in [-0.39, 0.29) is 33.0 Å². The molecule has 3 rings (SSSR count). The molecule has 0 radical (unpaired) electrons. The standard InChI is InChI=1S/C20H12BrClF4N4O2.C2HF3O2/c1-9-29-16(18(21)30-9)19(31)28-8-11-2-3-14(22)17(15(11)23)32-13-5-10(7-27)4-12(6-13)20(24,25)26;3-2(4,5)1(6)7/h2-6H,8H2,1H3,(H,28,31)(H,29,30);(H,6,7). The van der Waals surface area contributed by atoms with Crippen LogP contribution in [0.15, 0.2) is 34.9 Å². The number of H-pyrrole nitrogens is 1. The number of aromatic nitrogens is 2.